The van der Waals surface area contributed by atoms with E-state index >= 15 is 0 Å². The Labute approximate surface area is 297 Å². The molecular weight excluding hydrogens is 633 g/mol. The number of para-hydroxylation sites is 4. The van der Waals surface area contributed by atoms with Crippen molar-refractivity contribution in [1.29, 1.82) is 0 Å². The van der Waals surface area contributed by atoms with Crippen LogP contribution in [-0.2, 0) is 0 Å². The number of imidazole rings is 2. The highest BCUT2D eigenvalue weighted by Gasteiger charge is 2.18. The maximum Gasteiger partial charge on any atom is 0.146 e. The molecule has 0 fully saturated rings. The van der Waals surface area contributed by atoms with E-state index in [4.69, 9.17) is 9.97 Å². The van der Waals surface area contributed by atoms with Gasteiger partial charge in [0, 0.05) is 21.5 Å². The topological polar surface area (TPSA) is 34.6 Å². The Morgan fingerprint density at radius 2 is 0.673 bits per heavy atom. The highest BCUT2D eigenvalue weighted by atomic mass is 15.0. The van der Waals surface area contributed by atoms with Gasteiger partial charge in [0.2, 0.25) is 0 Å². The zero-order valence-corrected chi connectivity index (χ0v) is 28.0. The summed E-state index contributed by atoms with van der Waals surface area (Å²) < 4.78 is 4.64. The molecule has 240 valence electrons. The Bertz CT molecular complexity index is 3240. The number of pyridine rings is 2. The van der Waals surface area contributed by atoms with Crippen LogP contribution in [0.2, 0.25) is 0 Å². The van der Waals surface area contributed by atoms with Gasteiger partial charge in [-0.25, -0.2) is 9.97 Å². The van der Waals surface area contributed by atoms with Crippen LogP contribution in [0.1, 0.15) is 0 Å². The van der Waals surface area contributed by atoms with E-state index in [1.807, 2.05) is 0 Å². The van der Waals surface area contributed by atoms with Crippen LogP contribution in [0.4, 0.5) is 0 Å². The molecule has 0 saturated heterocycles. The third kappa shape index (κ3) is 3.70. The van der Waals surface area contributed by atoms with E-state index in [1.165, 1.54) is 54.6 Å². The summed E-state index contributed by atoms with van der Waals surface area (Å²) in [5.74, 6) is 0. The second-order valence-electron chi connectivity index (χ2n) is 13.8. The van der Waals surface area contributed by atoms with Crippen molar-refractivity contribution >= 4 is 87.5 Å². The second kappa shape index (κ2) is 10.3. The lowest BCUT2D eigenvalue weighted by Gasteiger charge is -2.15. The van der Waals surface area contributed by atoms with Crippen LogP contribution in [-0.4, -0.2) is 18.8 Å². The Hall–Kier alpha value is -7.04. The SMILES string of the molecule is c1ccc2c(c1)nc1c3ccccc3c3cc(-c4ccc(-c5ccc6c(c5)c5ccccc5c5nc7ccccc7n65)c5ccccc45)ccc3n21. The average Bonchev–Trinajstić information content (AvgIpc) is 3.80. The fourth-order valence-electron chi connectivity index (χ4n) is 8.76. The van der Waals surface area contributed by atoms with Gasteiger partial charge < -0.3 is 0 Å². The molecular formula is C48H28N4. The van der Waals surface area contributed by atoms with Crippen LogP contribution in [0.3, 0.4) is 0 Å². The van der Waals surface area contributed by atoms with Crippen molar-refractivity contribution in [1.82, 2.24) is 18.8 Å². The van der Waals surface area contributed by atoms with Crippen molar-refractivity contribution in [3.05, 3.63) is 170 Å². The van der Waals surface area contributed by atoms with E-state index < -0.39 is 0 Å². The average molecular weight is 661 g/mol. The number of hydrogen-bond donors (Lipinski definition) is 0. The molecule has 0 aliphatic carbocycles. The van der Waals surface area contributed by atoms with Gasteiger partial charge in [-0.2, -0.15) is 0 Å². The zero-order valence-electron chi connectivity index (χ0n) is 28.0. The van der Waals surface area contributed by atoms with Crippen LogP contribution in [0.5, 0.6) is 0 Å². The van der Waals surface area contributed by atoms with Gasteiger partial charge in [0.05, 0.1) is 33.1 Å². The van der Waals surface area contributed by atoms with E-state index in [0.29, 0.717) is 0 Å². The molecule has 0 aliphatic heterocycles. The van der Waals surface area contributed by atoms with Crippen molar-refractivity contribution in [3.63, 3.8) is 0 Å². The lowest BCUT2D eigenvalue weighted by Crippen LogP contribution is -1.93. The van der Waals surface area contributed by atoms with Gasteiger partial charge in [-0.15, -0.1) is 0 Å². The molecule has 0 radical (unpaired) electrons. The standard InChI is InChI=1S/C48H28N4/c1-2-12-34-32(30-22-26-44-40(28-30)36-14-4-6-16-38(36)48-50-42-18-8-10-20-46(42)52(44)48)24-23-31(33(34)11-1)29-21-25-43-39(27-29)35-13-3-5-15-37(35)47-49-41-17-7-9-19-45(41)51(43)47/h1-28H. The van der Waals surface area contributed by atoms with Gasteiger partial charge in [-0.05, 0) is 92.3 Å². The van der Waals surface area contributed by atoms with Gasteiger partial charge >= 0.3 is 0 Å². The maximum atomic E-state index is 5.07. The summed E-state index contributed by atoms with van der Waals surface area (Å²) in [6, 6.07) is 61.5. The zero-order chi connectivity index (χ0) is 33.9. The van der Waals surface area contributed by atoms with Crippen LogP contribution in [0, 0.1) is 0 Å². The Morgan fingerprint density at radius 1 is 0.288 bits per heavy atom. The lowest BCUT2D eigenvalue weighted by atomic mass is 9.90. The number of hydrogen-bond acceptors (Lipinski definition) is 2. The van der Waals surface area contributed by atoms with E-state index in [9.17, 15) is 0 Å². The summed E-state index contributed by atoms with van der Waals surface area (Å²) in [7, 11) is 0. The smallest absolute Gasteiger partial charge is 0.146 e. The molecule has 0 spiro atoms. The summed E-state index contributed by atoms with van der Waals surface area (Å²) in [4.78, 5) is 10.1. The number of aromatic nitrogens is 4. The first-order chi connectivity index (χ1) is 25.8. The Balaban J connectivity index is 1.09. The molecule has 0 amide bonds. The van der Waals surface area contributed by atoms with Crippen molar-refractivity contribution in [2.45, 2.75) is 0 Å². The molecule has 52 heavy (non-hydrogen) atoms. The number of fused-ring (bicyclic) bond motifs is 17. The van der Waals surface area contributed by atoms with Crippen LogP contribution in [0.15, 0.2) is 170 Å². The second-order valence-corrected chi connectivity index (χ2v) is 13.8. The molecule has 0 bridgehead atoms. The monoisotopic (exact) mass is 660 g/mol. The lowest BCUT2D eigenvalue weighted by molar-refractivity contribution is 1.31. The van der Waals surface area contributed by atoms with Gasteiger partial charge in [0.15, 0.2) is 0 Å². The molecule has 4 nitrogen and oxygen atoms in total. The first-order valence-corrected chi connectivity index (χ1v) is 17.8. The largest absolute Gasteiger partial charge is 0.292 e. The van der Waals surface area contributed by atoms with E-state index in [1.54, 1.807) is 0 Å². The normalized spacial score (nSPS) is 12.2. The van der Waals surface area contributed by atoms with Gasteiger partial charge in [0.25, 0.3) is 0 Å². The van der Waals surface area contributed by atoms with Gasteiger partial charge in [-0.3, -0.25) is 8.80 Å². The number of benzene rings is 8. The minimum absolute atomic E-state index is 0.997. The predicted molar refractivity (Wildman–Crippen MR) is 217 cm³/mol. The van der Waals surface area contributed by atoms with Crippen molar-refractivity contribution in [3.8, 4) is 22.3 Å². The van der Waals surface area contributed by atoms with Crippen molar-refractivity contribution < 1.29 is 0 Å². The molecule has 4 heteroatoms. The summed E-state index contributed by atoms with van der Waals surface area (Å²) in [5.41, 5.74) is 13.4. The minimum atomic E-state index is 0.997. The van der Waals surface area contributed by atoms with E-state index in [-0.39, 0.29) is 0 Å². The molecule has 12 rings (SSSR count). The fraction of sp³-hybridized carbons (Fsp3) is 0. The van der Waals surface area contributed by atoms with Crippen LogP contribution in [0.25, 0.3) is 110 Å². The van der Waals surface area contributed by atoms with Gasteiger partial charge in [-0.1, -0.05) is 121 Å². The quantitative estimate of drug-likeness (QED) is 0.173. The van der Waals surface area contributed by atoms with Gasteiger partial charge in [0.1, 0.15) is 11.3 Å². The van der Waals surface area contributed by atoms with E-state index in [0.717, 1.165) is 55.2 Å². The maximum absolute atomic E-state index is 5.07. The number of nitrogens with zero attached hydrogens (tertiary/aromatic N) is 4. The molecule has 12 aromatic rings. The summed E-state index contributed by atoms with van der Waals surface area (Å²) in [6.45, 7) is 0. The van der Waals surface area contributed by atoms with Crippen LogP contribution < -0.4 is 0 Å². The highest BCUT2D eigenvalue weighted by molar-refractivity contribution is 6.17. The molecule has 4 heterocycles. The summed E-state index contributed by atoms with van der Waals surface area (Å²) in [5, 5.41) is 9.66. The van der Waals surface area contributed by atoms with Crippen molar-refractivity contribution in [2.75, 3.05) is 0 Å². The first kappa shape index (κ1) is 27.7. The molecule has 0 saturated carbocycles. The third-order valence-electron chi connectivity index (χ3n) is 11.1. The number of rotatable bonds is 2. The van der Waals surface area contributed by atoms with Crippen molar-refractivity contribution in [2.24, 2.45) is 0 Å². The fourth-order valence-corrected chi connectivity index (χ4v) is 8.76. The molecule has 0 unspecified atom stereocenters. The van der Waals surface area contributed by atoms with E-state index in [2.05, 4.69) is 179 Å². The third-order valence-corrected chi connectivity index (χ3v) is 11.1. The predicted octanol–water partition coefficient (Wildman–Crippen LogP) is 12.4. The summed E-state index contributed by atoms with van der Waals surface area (Å²) >= 11 is 0. The highest BCUT2D eigenvalue weighted by Crippen LogP contribution is 2.41. The molecule has 0 atom stereocenters. The van der Waals surface area contributed by atoms with Crippen LogP contribution >= 0.6 is 0 Å². The summed E-state index contributed by atoms with van der Waals surface area (Å²) in [6.07, 6.45) is 0. The molecule has 4 aromatic heterocycles. The molecule has 0 aliphatic rings. The molecule has 0 N–H and O–H groups in total. The molecule has 8 aromatic carbocycles. The first-order valence-electron chi connectivity index (χ1n) is 17.8. The minimum Gasteiger partial charge on any atom is -0.292 e. The Morgan fingerprint density at radius 3 is 1.13 bits per heavy atom. The Kier molecular flexibility index (Phi) is 5.47.